The number of halogens is 2. The number of ether oxygens (including phenoxy) is 4. The second-order valence-electron chi connectivity index (χ2n) is 6.51. The van der Waals surface area contributed by atoms with Crippen LogP contribution < -0.4 is 0 Å². The van der Waals surface area contributed by atoms with Gasteiger partial charge in [-0.15, -0.1) is 0 Å². The average molecular weight is 453 g/mol. The molecule has 3 atom stereocenters. The van der Waals surface area contributed by atoms with Crippen molar-refractivity contribution in [3.63, 3.8) is 0 Å². The summed E-state index contributed by atoms with van der Waals surface area (Å²) in [5.74, 6) is -1.73. The molecule has 0 amide bonds. The Hall–Kier alpha value is -2.61. The van der Waals surface area contributed by atoms with Gasteiger partial charge in [0.05, 0.1) is 17.5 Å². The molecule has 0 bridgehead atoms. The molecule has 1 aliphatic rings. The summed E-state index contributed by atoms with van der Waals surface area (Å²) < 4.78 is 21.5. The first-order valence-electron chi connectivity index (χ1n) is 9.04. The van der Waals surface area contributed by atoms with Crippen molar-refractivity contribution in [2.45, 2.75) is 31.8 Å². The highest BCUT2D eigenvalue weighted by Crippen LogP contribution is 2.26. The largest absolute Gasteiger partial charge is 0.459 e. The van der Waals surface area contributed by atoms with E-state index in [1.165, 1.54) is 31.2 Å². The summed E-state index contributed by atoms with van der Waals surface area (Å²) in [6, 6.07) is 12.4. The van der Waals surface area contributed by atoms with E-state index in [0.717, 1.165) is 0 Å². The lowest BCUT2D eigenvalue weighted by molar-refractivity contribution is -0.175. The van der Waals surface area contributed by atoms with E-state index < -0.39 is 36.4 Å². The maximum Gasteiger partial charge on any atom is 0.338 e. The number of hydrogen-bond acceptors (Lipinski definition) is 7. The molecule has 3 rings (SSSR count). The lowest BCUT2D eigenvalue weighted by atomic mass is 10.1. The van der Waals surface area contributed by atoms with E-state index in [0.29, 0.717) is 21.2 Å². The standard InChI is InChI=1S/C21H18Cl2O7/c1-12(24)28-19-10-17(30-21(26)14-4-8-16(23)9-5-14)18(29-19)11-27-20(25)13-2-6-15(22)7-3-13/h2-9,17-19H,10-11H2,1H3/t17-,18+,19?/m0/s1. The van der Waals surface area contributed by atoms with Gasteiger partial charge in [0.1, 0.15) is 18.8 Å². The Bertz CT molecular complexity index is 912. The van der Waals surface area contributed by atoms with Gasteiger partial charge >= 0.3 is 17.9 Å². The van der Waals surface area contributed by atoms with Crippen molar-refractivity contribution in [3.8, 4) is 0 Å². The van der Waals surface area contributed by atoms with Gasteiger partial charge in [0, 0.05) is 17.0 Å². The molecule has 0 spiro atoms. The van der Waals surface area contributed by atoms with Gasteiger partial charge in [-0.3, -0.25) is 4.79 Å². The highest BCUT2D eigenvalue weighted by molar-refractivity contribution is 6.30. The monoisotopic (exact) mass is 452 g/mol. The van der Waals surface area contributed by atoms with Gasteiger partial charge in [0.25, 0.3) is 0 Å². The Morgan fingerprint density at radius 1 is 0.900 bits per heavy atom. The minimum absolute atomic E-state index is 0.113. The average Bonchev–Trinajstić information content (AvgIpc) is 3.07. The quantitative estimate of drug-likeness (QED) is 0.482. The van der Waals surface area contributed by atoms with E-state index in [1.807, 2.05) is 0 Å². The van der Waals surface area contributed by atoms with Crippen LogP contribution >= 0.6 is 23.2 Å². The zero-order valence-corrected chi connectivity index (χ0v) is 17.4. The van der Waals surface area contributed by atoms with Crippen LogP contribution in [0.4, 0.5) is 0 Å². The van der Waals surface area contributed by atoms with Gasteiger partial charge < -0.3 is 18.9 Å². The third-order valence-corrected chi connectivity index (χ3v) is 4.76. The molecule has 1 heterocycles. The van der Waals surface area contributed by atoms with E-state index in [2.05, 4.69) is 0 Å². The second kappa shape index (κ2) is 9.93. The van der Waals surface area contributed by atoms with Gasteiger partial charge in [-0.25, -0.2) is 9.59 Å². The first-order valence-corrected chi connectivity index (χ1v) is 9.79. The highest BCUT2D eigenvalue weighted by atomic mass is 35.5. The molecular formula is C21H18Cl2O7. The van der Waals surface area contributed by atoms with Crippen LogP contribution in [0.3, 0.4) is 0 Å². The minimum atomic E-state index is -0.912. The van der Waals surface area contributed by atoms with Crippen molar-refractivity contribution in [1.82, 2.24) is 0 Å². The first-order chi connectivity index (χ1) is 14.3. The Morgan fingerprint density at radius 2 is 1.43 bits per heavy atom. The minimum Gasteiger partial charge on any atom is -0.459 e. The number of esters is 3. The van der Waals surface area contributed by atoms with E-state index in [-0.39, 0.29) is 13.0 Å². The van der Waals surface area contributed by atoms with E-state index >= 15 is 0 Å². The maximum atomic E-state index is 12.4. The van der Waals surface area contributed by atoms with Crippen LogP contribution in [0.25, 0.3) is 0 Å². The van der Waals surface area contributed by atoms with Gasteiger partial charge in [-0.1, -0.05) is 23.2 Å². The summed E-state index contributed by atoms with van der Waals surface area (Å²) in [7, 11) is 0. The van der Waals surface area contributed by atoms with Gasteiger partial charge in [0.15, 0.2) is 0 Å². The summed E-state index contributed by atoms with van der Waals surface area (Å²) in [6.45, 7) is 1.05. The molecule has 7 nitrogen and oxygen atoms in total. The molecule has 2 aromatic rings. The molecule has 0 aromatic heterocycles. The fourth-order valence-corrected chi connectivity index (χ4v) is 3.08. The molecule has 30 heavy (non-hydrogen) atoms. The van der Waals surface area contributed by atoms with Crippen LogP contribution in [-0.2, 0) is 23.7 Å². The number of benzene rings is 2. The molecule has 0 aliphatic carbocycles. The van der Waals surface area contributed by atoms with Crippen LogP contribution in [-0.4, -0.2) is 43.0 Å². The molecule has 1 saturated heterocycles. The van der Waals surface area contributed by atoms with Crippen LogP contribution in [0.15, 0.2) is 48.5 Å². The summed E-state index contributed by atoms with van der Waals surface area (Å²) in [4.78, 5) is 35.9. The lowest BCUT2D eigenvalue weighted by Crippen LogP contribution is -2.32. The van der Waals surface area contributed by atoms with Crippen molar-refractivity contribution in [1.29, 1.82) is 0 Å². The molecule has 9 heteroatoms. The first kappa shape index (κ1) is 22.1. The molecular weight excluding hydrogens is 435 g/mol. The molecule has 1 aliphatic heterocycles. The van der Waals surface area contributed by atoms with Gasteiger partial charge in [-0.2, -0.15) is 0 Å². The fourth-order valence-electron chi connectivity index (χ4n) is 2.83. The van der Waals surface area contributed by atoms with Crippen LogP contribution in [0.5, 0.6) is 0 Å². The number of hydrogen-bond donors (Lipinski definition) is 0. The molecule has 158 valence electrons. The van der Waals surface area contributed by atoms with Crippen LogP contribution in [0, 0.1) is 0 Å². The zero-order chi connectivity index (χ0) is 21.7. The van der Waals surface area contributed by atoms with E-state index in [1.54, 1.807) is 24.3 Å². The van der Waals surface area contributed by atoms with E-state index in [4.69, 9.17) is 42.1 Å². The molecule has 0 saturated carbocycles. The summed E-state index contributed by atoms with van der Waals surface area (Å²) >= 11 is 11.6. The smallest absolute Gasteiger partial charge is 0.338 e. The number of rotatable bonds is 6. The zero-order valence-electron chi connectivity index (χ0n) is 15.9. The molecule has 2 aromatic carbocycles. The molecule has 1 fully saturated rings. The normalized spacial score (nSPS) is 20.4. The molecule has 0 N–H and O–H groups in total. The van der Waals surface area contributed by atoms with Crippen molar-refractivity contribution in [2.75, 3.05) is 6.61 Å². The summed E-state index contributed by atoms with van der Waals surface area (Å²) in [6.07, 6.45) is -2.38. The fraction of sp³-hybridized carbons (Fsp3) is 0.286. The Morgan fingerprint density at radius 3 is 1.97 bits per heavy atom. The second-order valence-corrected chi connectivity index (χ2v) is 7.38. The Kier molecular flexibility index (Phi) is 7.31. The van der Waals surface area contributed by atoms with Crippen molar-refractivity contribution in [2.24, 2.45) is 0 Å². The number of carbonyl (C=O) groups is 3. The predicted octanol–water partition coefficient (Wildman–Crippen LogP) is 4.05. The Balaban J connectivity index is 1.65. The predicted molar refractivity (Wildman–Crippen MR) is 107 cm³/mol. The lowest BCUT2D eigenvalue weighted by Gasteiger charge is -2.18. The number of carbonyl (C=O) groups excluding carboxylic acids is 3. The van der Waals surface area contributed by atoms with E-state index in [9.17, 15) is 14.4 Å². The summed E-state index contributed by atoms with van der Waals surface area (Å²) in [5, 5.41) is 0.974. The summed E-state index contributed by atoms with van der Waals surface area (Å²) in [5.41, 5.74) is 0.607. The third-order valence-electron chi connectivity index (χ3n) is 4.26. The Labute approximate surface area is 182 Å². The SMILES string of the molecule is CC(=O)OC1C[C@H](OC(=O)c2ccc(Cl)cc2)[C@@H](COC(=O)c2ccc(Cl)cc2)O1. The van der Waals surface area contributed by atoms with Crippen molar-refractivity contribution in [3.05, 3.63) is 69.7 Å². The van der Waals surface area contributed by atoms with Crippen LogP contribution in [0.2, 0.25) is 10.0 Å². The van der Waals surface area contributed by atoms with Crippen LogP contribution in [0.1, 0.15) is 34.1 Å². The molecule has 1 unspecified atom stereocenters. The third kappa shape index (κ3) is 5.95. The molecule has 0 radical (unpaired) electrons. The highest BCUT2D eigenvalue weighted by Gasteiger charge is 2.40. The van der Waals surface area contributed by atoms with Gasteiger partial charge in [0.2, 0.25) is 6.29 Å². The van der Waals surface area contributed by atoms with Crippen molar-refractivity contribution < 1.29 is 33.3 Å². The van der Waals surface area contributed by atoms with Crippen molar-refractivity contribution >= 4 is 41.1 Å². The maximum absolute atomic E-state index is 12.4. The van der Waals surface area contributed by atoms with Gasteiger partial charge in [-0.05, 0) is 48.5 Å². The topological polar surface area (TPSA) is 88.1 Å².